The number of halogens is 3. The molecule has 1 heterocycles. The summed E-state index contributed by atoms with van der Waals surface area (Å²) in [6, 6.07) is 2.58. The first-order valence-electron chi connectivity index (χ1n) is 10.2. The molecule has 0 bridgehead atoms. The summed E-state index contributed by atoms with van der Waals surface area (Å²) in [5, 5.41) is 24.2. The van der Waals surface area contributed by atoms with E-state index in [1.54, 1.807) is 16.8 Å². The normalized spacial score (nSPS) is 24.0. The summed E-state index contributed by atoms with van der Waals surface area (Å²) < 4.78 is 31.7. The summed E-state index contributed by atoms with van der Waals surface area (Å²) in [4.78, 5) is 34.4. The second-order valence-corrected chi connectivity index (χ2v) is 9.73. The highest BCUT2D eigenvalue weighted by molar-refractivity contribution is 7.99. The van der Waals surface area contributed by atoms with Crippen molar-refractivity contribution < 1.29 is 27.9 Å². The molecule has 1 aliphatic heterocycles. The van der Waals surface area contributed by atoms with Gasteiger partial charge < -0.3 is 10.4 Å². The first-order chi connectivity index (χ1) is 14.8. The maximum absolute atomic E-state index is 12.1. The summed E-state index contributed by atoms with van der Waals surface area (Å²) in [5.41, 5.74) is -0.377. The van der Waals surface area contributed by atoms with E-state index in [4.69, 9.17) is 15.2 Å². The lowest BCUT2D eigenvalue weighted by molar-refractivity contribution is -0.192. The molecule has 0 aromatic rings. The van der Waals surface area contributed by atoms with Crippen LogP contribution in [0.25, 0.3) is 0 Å². The number of carbonyl (C=O) groups is 2. The van der Waals surface area contributed by atoms with E-state index in [0.29, 0.717) is 13.1 Å². The van der Waals surface area contributed by atoms with Crippen molar-refractivity contribution in [1.29, 1.82) is 5.26 Å². The third-order valence-electron chi connectivity index (χ3n) is 5.22. The maximum atomic E-state index is 12.1. The molecule has 0 spiro atoms. The molecule has 9 nitrogen and oxygen atoms in total. The molecule has 0 radical (unpaired) electrons. The predicted octanol–water partition coefficient (Wildman–Crippen LogP) is 2.98. The van der Waals surface area contributed by atoms with E-state index >= 15 is 0 Å². The average Bonchev–Trinajstić information content (AvgIpc) is 3.16. The molecule has 0 aromatic heterocycles. The van der Waals surface area contributed by atoms with Gasteiger partial charge in [-0.25, -0.2) is 4.79 Å². The lowest BCUT2D eigenvalue weighted by Gasteiger charge is -2.35. The highest BCUT2D eigenvalue weighted by Crippen LogP contribution is 2.26. The van der Waals surface area contributed by atoms with E-state index in [1.165, 1.54) is 0 Å². The van der Waals surface area contributed by atoms with Crippen LogP contribution in [-0.2, 0) is 9.59 Å². The van der Waals surface area contributed by atoms with Crippen LogP contribution in [-0.4, -0.2) is 75.9 Å². The molecule has 182 valence electrons. The number of hydrogen-bond acceptors (Lipinski definition) is 7. The van der Waals surface area contributed by atoms with Crippen molar-refractivity contribution in [2.75, 3.05) is 24.7 Å². The molecular weight excluding hydrogens is 451 g/mol. The maximum Gasteiger partial charge on any atom is 0.490 e. The first-order valence-corrected chi connectivity index (χ1v) is 11.4. The molecular formula is C19H30F3N5O4S. The SMILES string of the molecule is CC(C)(C)C(=O)NC1CCC(N(CCN2CSCC2C#N)N=O)CC1.O=C(O)C(F)(F)F. The fraction of sp³-hybridized carbons (Fsp3) is 0.842. The van der Waals surface area contributed by atoms with Crippen LogP contribution in [0.4, 0.5) is 13.2 Å². The molecule has 32 heavy (non-hydrogen) atoms. The number of nitrogens with zero attached hydrogens (tertiary/aromatic N) is 4. The molecule has 1 saturated carbocycles. The van der Waals surface area contributed by atoms with Crippen LogP contribution < -0.4 is 5.32 Å². The van der Waals surface area contributed by atoms with E-state index in [9.17, 15) is 22.9 Å². The van der Waals surface area contributed by atoms with E-state index in [1.807, 2.05) is 20.8 Å². The Morgan fingerprint density at radius 2 is 1.81 bits per heavy atom. The molecule has 2 N–H and O–H groups in total. The molecule has 1 atom stereocenters. The van der Waals surface area contributed by atoms with Crippen molar-refractivity contribution in [2.24, 2.45) is 10.7 Å². The van der Waals surface area contributed by atoms with Crippen LogP contribution in [0.5, 0.6) is 0 Å². The minimum Gasteiger partial charge on any atom is -0.475 e. The Morgan fingerprint density at radius 1 is 1.25 bits per heavy atom. The number of hydrogen-bond donors (Lipinski definition) is 2. The van der Waals surface area contributed by atoms with E-state index in [2.05, 4.69) is 21.6 Å². The van der Waals surface area contributed by atoms with Gasteiger partial charge in [-0.2, -0.15) is 18.4 Å². The second kappa shape index (κ2) is 12.2. The fourth-order valence-corrected chi connectivity index (χ4v) is 4.41. The number of nitrogens with one attached hydrogen (secondary N) is 1. The molecule has 1 saturated heterocycles. The lowest BCUT2D eigenvalue weighted by atomic mass is 9.89. The third-order valence-corrected chi connectivity index (χ3v) is 6.29. The van der Waals surface area contributed by atoms with Crippen molar-refractivity contribution in [2.45, 2.75) is 70.8 Å². The van der Waals surface area contributed by atoms with Crippen LogP contribution >= 0.6 is 11.8 Å². The Hall–Kier alpha value is -2.07. The Morgan fingerprint density at radius 3 is 2.25 bits per heavy atom. The summed E-state index contributed by atoms with van der Waals surface area (Å²) in [6.07, 6.45) is -1.62. The number of thioether (sulfide) groups is 1. The van der Waals surface area contributed by atoms with Gasteiger partial charge in [0.1, 0.15) is 6.04 Å². The number of nitroso groups, excluding NO2 is 1. The Bertz CT molecular complexity index is 688. The summed E-state index contributed by atoms with van der Waals surface area (Å²) in [5.74, 6) is -0.997. The summed E-state index contributed by atoms with van der Waals surface area (Å²) in [7, 11) is 0. The van der Waals surface area contributed by atoms with Crippen molar-refractivity contribution in [3.63, 3.8) is 0 Å². The molecule has 1 unspecified atom stereocenters. The zero-order valence-corrected chi connectivity index (χ0v) is 19.2. The fourth-order valence-electron chi connectivity index (χ4n) is 3.26. The number of alkyl halides is 3. The van der Waals surface area contributed by atoms with Crippen LogP contribution in [0, 0.1) is 21.7 Å². The second-order valence-electron chi connectivity index (χ2n) is 8.73. The topological polar surface area (TPSA) is 126 Å². The highest BCUT2D eigenvalue weighted by atomic mass is 32.2. The van der Waals surface area contributed by atoms with Crippen LogP contribution in [0.2, 0.25) is 0 Å². The Labute approximate surface area is 189 Å². The van der Waals surface area contributed by atoms with Gasteiger partial charge >= 0.3 is 12.1 Å². The summed E-state index contributed by atoms with van der Waals surface area (Å²) in [6.45, 7) is 7.00. The van der Waals surface area contributed by atoms with Crippen molar-refractivity contribution in [3.8, 4) is 6.07 Å². The van der Waals surface area contributed by atoms with Crippen LogP contribution in [0.1, 0.15) is 46.5 Å². The van der Waals surface area contributed by atoms with E-state index < -0.39 is 12.1 Å². The number of carboxylic acids is 1. The number of rotatable bonds is 6. The molecule has 13 heteroatoms. The van der Waals surface area contributed by atoms with Crippen LogP contribution in [0.3, 0.4) is 0 Å². The van der Waals surface area contributed by atoms with Crippen LogP contribution in [0.15, 0.2) is 5.29 Å². The van der Waals surface area contributed by atoms with Gasteiger partial charge in [0.05, 0.1) is 23.9 Å². The minimum absolute atomic E-state index is 0.0538. The summed E-state index contributed by atoms with van der Waals surface area (Å²) >= 11 is 1.75. The van der Waals surface area contributed by atoms with Gasteiger partial charge in [-0.1, -0.05) is 20.8 Å². The van der Waals surface area contributed by atoms with Gasteiger partial charge in [0, 0.05) is 29.6 Å². The monoisotopic (exact) mass is 481 g/mol. The molecule has 2 fully saturated rings. The van der Waals surface area contributed by atoms with Gasteiger partial charge in [0.2, 0.25) is 5.91 Å². The average molecular weight is 482 g/mol. The number of carbonyl (C=O) groups excluding carboxylic acids is 1. The molecule has 1 aliphatic carbocycles. The zero-order chi connectivity index (χ0) is 24.5. The number of carboxylic acid groups (broad SMARTS) is 1. The zero-order valence-electron chi connectivity index (χ0n) is 18.4. The van der Waals surface area contributed by atoms with Crippen molar-refractivity contribution in [1.82, 2.24) is 15.2 Å². The molecule has 2 aliphatic rings. The predicted molar refractivity (Wildman–Crippen MR) is 113 cm³/mol. The largest absolute Gasteiger partial charge is 0.490 e. The highest BCUT2D eigenvalue weighted by Gasteiger charge is 2.38. The van der Waals surface area contributed by atoms with Gasteiger partial charge in [-0.05, 0) is 25.7 Å². The Balaban J connectivity index is 0.000000633. The molecule has 1 amide bonds. The smallest absolute Gasteiger partial charge is 0.475 e. The lowest BCUT2D eigenvalue weighted by Crippen LogP contribution is -2.46. The first kappa shape index (κ1) is 28.0. The van der Waals surface area contributed by atoms with Gasteiger partial charge in [0.25, 0.3) is 0 Å². The minimum atomic E-state index is -5.08. The van der Waals surface area contributed by atoms with Gasteiger partial charge in [-0.15, -0.1) is 16.7 Å². The van der Waals surface area contributed by atoms with Crippen molar-refractivity contribution >= 4 is 23.6 Å². The number of nitriles is 1. The van der Waals surface area contributed by atoms with Gasteiger partial charge in [0.15, 0.2) is 0 Å². The Kier molecular flexibility index (Phi) is 10.7. The molecule has 2 rings (SSSR count). The van der Waals surface area contributed by atoms with E-state index in [0.717, 1.165) is 37.3 Å². The third kappa shape index (κ3) is 9.20. The van der Waals surface area contributed by atoms with Crippen molar-refractivity contribution in [3.05, 3.63) is 4.91 Å². The van der Waals surface area contributed by atoms with E-state index in [-0.39, 0.29) is 29.4 Å². The number of amides is 1. The number of aliphatic carboxylic acids is 1. The molecule has 0 aromatic carbocycles. The quantitative estimate of drug-likeness (QED) is 0.438. The van der Waals surface area contributed by atoms with Gasteiger partial charge in [-0.3, -0.25) is 14.7 Å². The standard InChI is InChI=1S/C17H29N5O2S.C2HF3O2/c1-17(2,3)16(23)19-13-4-6-14(7-5-13)22(20-24)9-8-21-12-25-11-15(21)10-18;3-2(4,5)1(6)7/h13-15H,4-9,11-12H2,1-3H3,(H,19,23);(H,6,7).